The average molecular weight is 594 g/mol. The summed E-state index contributed by atoms with van der Waals surface area (Å²) in [6, 6.07) is 12.2. The van der Waals surface area contributed by atoms with Crippen LogP contribution >= 0.6 is 0 Å². The van der Waals surface area contributed by atoms with Crippen LogP contribution in [0.5, 0.6) is 0 Å². The Bertz CT molecular complexity index is 1480. The zero-order valence-corrected chi connectivity index (χ0v) is 24.6. The van der Waals surface area contributed by atoms with Gasteiger partial charge in [-0.25, -0.2) is 21.2 Å². The molecule has 9 nitrogen and oxygen atoms in total. The standard InChI is InChI=1S/C28H36FN3O6S2/c1-21-6-4-5-7-24(21)25-20-23(31-15-17-38-18-16-31)8-9-26(25)40(36,37)32-13-11-28(29,12-14-32)27(33)30-22(2)10-19-39(3,34)35/h4-10,19-20,22H,11-18H2,1-3H3,(H,30,33)/b19-10-/t22-/m1/s1. The summed E-state index contributed by atoms with van der Waals surface area (Å²) < 4.78 is 72.8. The first kappa shape index (κ1) is 30.2. The predicted molar refractivity (Wildman–Crippen MR) is 153 cm³/mol. The summed E-state index contributed by atoms with van der Waals surface area (Å²) in [6.07, 6.45) is 1.66. The zero-order valence-electron chi connectivity index (χ0n) is 23.0. The van der Waals surface area contributed by atoms with E-state index in [-0.39, 0.29) is 30.8 Å². The molecular formula is C28H36FN3O6S2. The fourth-order valence-corrected chi connectivity index (χ4v) is 7.09. The normalized spacial score (nSPS) is 19.4. The van der Waals surface area contributed by atoms with Crippen LogP contribution in [0.3, 0.4) is 0 Å². The van der Waals surface area contributed by atoms with Crippen molar-refractivity contribution in [3.05, 3.63) is 59.5 Å². The van der Waals surface area contributed by atoms with Gasteiger partial charge >= 0.3 is 0 Å². The molecule has 2 heterocycles. The second kappa shape index (κ2) is 12.0. The zero-order chi connectivity index (χ0) is 29.1. The van der Waals surface area contributed by atoms with Gasteiger partial charge in [0, 0.05) is 68.0 Å². The number of rotatable bonds is 8. The van der Waals surface area contributed by atoms with E-state index >= 15 is 4.39 Å². The maximum Gasteiger partial charge on any atom is 0.258 e. The summed E-state index contributed by atoms with van der Waals surface area (Å²) >= 11 is 0. The van der Waals surface area contributed by atoms with Gasteiger partial charge in [-0.2, -0.15) is 4.31 Å². The monoisotopic (exact) mass is 593 g/mol. The maximum atomic E-state index is 15.6. The minimum Gasteiger partial charge on any atom is -0.378 e. The lowest BCUT2D eigenvalue weighted by molar-refractivity contribution is -0.135. The van der Waals surface area contributed by atoms with E-state index in [9.17, 15) is 21.6 Å². The Morgan fingerprint density at radius 2 is 1.68 bits per heavy atom. The van der Waals surface area contributed by atoms with Crippen molar-refractivity contribution in [2.24, 2.45) is 0 Å². The molecular weight excluding hydrogens is 557 g/mol. The Kier molecular flexibility index (Phi) is 9.03. The van der Waals surface area contributed by atoms with Crippen molar-refractivity contribution in [1.29, 1.82) is 0 Å². The number of ether oxygens (including phenoxy) is 1. The van der Waals surface area contributed by atoms with Crippen molar-refractivity contribution in [1.82, 2.24) is 9.62 Å². The van der Waals surface area contributed by atoms with Crippen molar-refractivity contribution in [3.8, 4) is 11.1 Å². The molecule has 0 unspecified atom stereocenters. The minimum absolute atomic E-state index is 0.133. The molecule has 2 saturated heterocycles. The van der Waals surface area contributed by atoms with E-state index in [4.69, 9.17) is 4.74 Å². The van der Waals surface area contributed by atoms with Gasteiger partial charge < -0.3 is 15.0 Å². The molecule has 0 saturated carbocycles. The number of halogens is 1. The fraction of sp³-hybridized carbons (Fsp3) is 0.464. The van der Waals surface area contributed by atoms with Gasteiger partial charge in [0.1, 0.15) is 0 Å². The Balaban J connectivity index is 1.57. The minimum atomic E-state index is -4.02. The topological polar surface area (TPSA) is 113 Å². The van der Waals surface area contributed by atoms with E-state index in [0.717, 1.165) is 28.5 Å². The van der Waals surface area contributed by atoms with Gasteiger partial charge in [-0.3, -0.25) is 4.79 Å². The Hall–Kier alpha value is -2.80. The third-order valence-corrected chi connectivity index (χ3v) is 9.90. The molecule has 1 amide bonds. The van der Waals surface area contributed by atoms with Crippen molar-refractivity contribution < 1.29 is 30.8 Å². The molecule has 40 heavy (non-hydrogen) atoms. The molecule has 2 aliphatic heterocycles. The number of hydrogen-bond donors (Lipinski definition) is 1. The van der Waals surface area contributed by atoms with Gasteiger partial charge in [0.05, 0.1) is 18.1 Å². The second-order valence-electron chi connectivity index (χ2n) is 10.4. The molecule has 1 atom stereocenters. The number of sulfonamides is 1. The first-order valence-electron chi connectivity index (χ1n) is 13.2. The number of nitrogens with zero attached hydrogens (tertiary/aromatic N) is 2. The first-order valence-corrected chi connectivity index (χ1v) is 16.6. The molecule has 1 N–H and O–H groups in total. The summed E-state index contributed by atoms with van der Waals surface area (Å²) in [6.45, 7) is 5.73. The third kappa shape index (κ3) is 6.91. The van der Waals surface area contributed by atoms with Gasteiger partial charge in [-0.1, -0.05) is 30.3 Å². The van der Waals surface area contributed by atoms with Crippen LogP contribution in [0.15, 0.2) is 58.8 Å². The lowest BCUT2D eigenvalue weighted by atomic mass is 9.93. The number of benzene rings is 2. The lowest BCUT2D eigenvalue weighted by Crippen LogP contribution is -2.53. The van der Waals surface area contributed by atoms with E-state index in [1.165, 1.54) is 17.3 Å². The van der Waals surface area contributed by atoms with Gasteiger partial charge in [0.2, 0.25) is 10.0 Å². The number of morpholine rings is 1. The summed E-state index contributed by atoms with van der Waals surface area (Å²) in [7, 11) is -7.40. The molecule has 2 aromatic carbocycles. The average Bonchev–Trinajstić information content (AvgIpc) is 2.92. The lowest BCUT2D eigenvalue weighted by Gasteiger charge is -2.35. The van der Waals surface area contributed by atoms with E-state index in [1.54, 1.807) is 12.1 Å². The SMILES string of the molecule is Cc1ccccc1-c1cc(N2CCOCC2)ccc1S(=O)(=O)N1CCC(F)(C(=O)N[C@H](C)/C=C\S(C)(=O)=O)CC1. The van der Waals surface area contributed by atoms with Gasteiger partial charge in [-0.15, -0.1) is 0 Å². The van der Waals surface area contributed by atoms with Crippen LogP contribution in [0.1, 0.15) is 25.3 Å². The number of carbonyl (C=O) groups is 1. The Morgan fingerprint density at radius 3 is 2.30 bits per heavy atom. The van der Waals surface area contributed by atoms with E-state index in [2.05, 4.69) is 10.2 Å². The summed E-state index contributed by atoms with van der Waals surface area (Å²) in [5.41, 5.74) is 0.929. The van der Waals surface area contributed by atoms with Crippen molar-refractivity contribution in [2.75, 3.05) is 50.5 Å². The quantitative estimate of drug-likeness (QED) is 0.501. The Labute approximate surface area is 236 Å². The number of nitrogens with one attached hydrogen (secondary N) is 1. The van der Waals surface area contributed by atoms with Gasteiger partial charge in [-0.05, 0) is 43.2 Å². The largest absolute Gasteiger partial charge is 0.378 e. The van der Waals surface area contributed by atoms with Crippen molar-refractivity contribution >= 4 is 31.5 Å². The molecule has 0 aliphatic carbocycles. The summed E-state index contributed by atoms with van der Waals surface area (Å²) in [5.74, 6) is -0.884. The number of aryl methyl sites for hydroxylation is 1. The second-order valence-corrected chi connectivity index (χ2v) is 14.2. The number of hydrogen-bond acceptors (Lipinski definition) is 7. The number of anilines is 1. The molecule has 0 spiro atoms. The molecule has 0 aromatic heterocycles. The van der Waals surface area contributed by atoms with Gasteiger partial charge in [0.15, 0.2) is 15.5 Å². The molecule has 4 rings (SSSR count). The molecule has 0 bridgehead atoms. The summed E-state index contributed by atoms with van der Waals surface area (Å²) in [5, 5.41) is 3.43. The molecule has 2 aromatic rings. The molecule has 0 radical (unpaired) electrons. The van der Waals surface area contributed by atoms with E-state index in [1.807, 2.05) is 37.3 Å². The van der Waals surface area contributed by atoms with E-state index < -0.39 is 37.5 Å². The maximum absolute atomic E-state index is 15.6. The fourth-order valence-electron chi connectivity index (χ4n) is 4.94. The first-order chi connectivity index (χ1) is 18.8. The number of piperidine rings is 1. The number of carbonyl (C=O) groups excluding carboxylic acids is 1. The van der Waals surface area contributed by atoms with Crippen LogP contribution in [0.25, 0.3) is 11.1 Å². The van der Waals surface area contributed by atoms with Gasteiger partial charge in [0.25, 0.3) is 5.91 Å². The summed E-state index contributed by atoms with van der Waals surface area (Å²) in [4.78, 5) is 15.0. The highest BCUT2D eigenvalue weighted by atomic mass is 32.2. The van der Waals surface area contributed by atoms with Crippen LogP contribution in [-0.4, -0.2) is 84.4 Å². The molecule has 218 valence electrons. The van der Waals surface area contributed by atoms with Crippen molar-refractivity contribution in [2.45, 2.75) is 43.3 Å². The van der Waals surface area contributed by atoms with Crippen LogP contribution in [-0.2, 0) is 29.4 Å². The van der Waals surface area contributed by atoms with Crippen molar-refractivity contribution in [3.63, 3.8) is 0 Å². The van der Waals surface area contributed by atoms with Crippen LogP contribution in [0, 0.1) is 6.92 Å². The number of sulfone groups is 1. The number of alkyl halides is 1. The highest BCUT2D eigenvalue weighted by Crippen LogP contribution is 2.37. The van der Waals surface area contributed by atoms with Crippen LogP contribution in [0.2, 0.25) is 0 Å². The van der Waals surface area contributed by atoms with Crippen LogP contribution < -0.4 is 10.2 Å². The predicted octanol–water partition coefficient (Wildman–Crippen LogP) is 3.05. The smallest absolute Gasteiger partial charge is 0.258 e. The molecule has 2 fully saturated rings. The van der Waals surface area contributed by atoms with Crippen LogP contribution in [0.4, 0.5) is 10.1 Å². The highest BCUT2D eigenvalue weighted by Gasteiger charge is 2.45. The Morgan fingerprint density at radius 1 is 1.02 bits per heavy atom. The third-order valence-electron chi connectivity index (χ3n) is 7.29. The van der Waals surface area contributed by atoms with E-state index in [0.29, 0.717) is 31.9 Å². The highest BCUT2D eigenvalue weighted by molar-refractivity contribution is 7.93. The molecule has 2 aliphatic rings. The number of amides is 1. The molecule has 12 heteroatoms.